The molecule has 0 amide bonds. The molecule has 0 aliphatic heterocycles. The normalized spacial score (nSPS) is 19.6. The molecule has 1 atom stereocenters. The van der Waals surface area contributed by atoms with E-state index in [1.807, 2.05) is 0 Å². The van der Waals surface area contributed by atoms with Crippen LogP contribution in [0.5, 0.6) is 0 Å². The van der Waals surface area contributed by atoms with Crippen LogP contribution in [-0.4, -0.2) is 6.04 Å². The van der Waals surface area contributed by atoms with E-state index in [-0.39, 0.29) is 16.1 Å². The molecule has 5 heteroatoms. The van der Waals surface area contributed by atoms with Crippen molar-refractivity contribution in [3.8, 4) is 0 Å². The third-order valence-electron chi connectivity index (χ3n) is 3.27. The van der Waals surface area contributed by atoms with Crippen molar-refractivity contribution in [3.63, 3.8) is 0 Å². The molecule has 2 rings (SSSR count). The van der Waals surface area contributed by atoms with E-state index >= 15 is 0 Å². The van der Waals surface area contributed by atoms with Crippen molar-refractivity contribution in [2.24, 2.45) is 5.73 Å². The minimum atomic E-state index is -0.931. The number of halogens is 4. The van der Waals surface area contributed by atoms with Crippen molar-refractivity contribution in [3.05, 3.63) is 33.6 Å². The Balaban J connectivity index is 2.62. The van der Waals surface area contributed by atoms with Gasteiger partial charge in [0, 0.05) is 23.1 Å². The lowest BCUT2D eigenvalue weighted by Crippen LogP contribution is -2.33. The average molecular weight is 294 g/mol. The van der Waals surface area contributed by atoms with Crippen LogP contribution >= 0.6 is 15.9 Å². The third-order valence-corrected chi connectivity index (χ3v) is 4.00. The maximum atomic E-state index is 13.8. The summed E-state index contributed by atoms with van der Waals surface area (Å²) >= 11 is 2.78. The Morgan fingerprint density at radius 3 is 2.31 bits per heavy atom. The predicted octanol–water partition coefficient (Wildman–Crippen LogP) is 3.25. The first kappa shape index (κ1) is 11.9. The Kier molecular flexibility index (Phi) is 2.78. The Morgan fingerprint density at radius 2 is 1.88 bits per heavy atom. The maximum absolute atomic E-state index is 13.8. The number of benzene rings is 1. The topological polar surface area (TPSA) is 26.0 Å². The first-order chi connectivity index (χ1) is 7.40. The summed E-state index contributed by atoms with van der Waals surface area (Å²) in [5.41, 5.74) is 5.00. The molecule has 0 bridgehead atoms. The summed E-state index contributed by atoms with van der Waals surface area (Å²) in [4.78, 5) is 0. The third kappa shape index (κ3) is 1.57. The first-order valence-electron chi connectivity index (χ1n) is 4.99. The highest BCUT2D eigenvalue weighted by atomic mass is 79.9. The summed E-state index contributed by atoms with van der Waals surface area (Å²) in [6.45, 7) is 1.71. The fourth-order valence-electron chi connectivity index (χ4n) is 2.09. The molecule has 1 aromatic rings. The van der Waals surface area contributed by atoms with Gasteiger partial charge in [0.05, 0.1) is 4.47 Å². The minimum absolute atomic E-state index is 0.0872. The second-order valence-corrected chi connectivity index (χ2v) is 5.08. The van der Waals surface area contributed by atoms with Crippen molar-refractivity contribution in [2.75, 3.05) is 0 Å². The van der Waals surface area contributed by atoms with Crippen LogP contribution in [0.3, 0.4) is 0 Å². The molecule has 0 radical (unpaired) electrons. The van der Waals surface area contributed by atoms with Gasteiger partial charge in [0.25, 0.3) is 0 Å². The molecule has 0 heterocycles. The SMILES string of the molecule is CC(N)C1(c2c(F)cc(F)c(Br)c2F)CC1. The lowest BCUT2D eigenvalue weighted by molar-refractivity contribution is 0.457. The van der Waals surface area contributed by atoms with Gasteiger partial charge in [-0.1, -0.05) is 0 Å². The molecule has 1 nitrogen and oxygen atoms in total. The summed E-state index contributed by atoms with van der Waals surface area (Å²) in [6.07, 6.45) is 1.27. The molecular weight excluding hydrogens is 283 g/mol. The van der Waals surface area contributed by atoms with E-state index in [1.165, 1.54) is 0 Å². The monoisotopic (exact) mass is 293 g/mol. The molecule has 88 valence electrons. The molecule has 1 aliphatic carbocycles. The van der Waals surface area contributed by atoms with E-state index in [9.17, 15) is 13.2 Å². The van der Waals surface area contributed by atoms with E-state index in [0.717, 1.165) is 0 Å². The first-order valence-corrected chi connectivity index (χ1v) is 5.78. The van der Waals surface area contributed by atoms with Gasteiger partial charge in [-0.2, -0.15) is 0 Å². The Morgan fingerprint density at radius 1 is 1.31 bits per heavy atom. The van der Waals surface area contributed by atoms with Crippen LogP contribution < -0.4 is 5.73 Å². The molecule has 1 fully saturated rings. The number of nitrogens with two attached hydrogens (primary N) is 1. The quantitative estimate of drug-likeness (QED) is 0.657. The molecule has 0 aromatic heterocycles. The summed E-state index contributed by atoms with van der Waals surface area (Å²) in [7, 11) is 0. The summed E-state index contributed by atoms with van der Waals surface area (Å²) in [5.74, 6) is -2.65. The second kappa shape index (κ2) is 3.74. The fraction of sp³-hybridized carbons (Fsp3) is 0.455. The van der Waals surface area contributed by atoms with E-state index in [1.54, 1.807) is 6.92 Å². The lowest BCUT2D eigenvalue weighted by atomic mass is 9.88. The van der Waals surface area contributed by atoms with Crippen LogP contribution in [0.25, 0.3) is 0 Å². The van der Waals surface area contributed by atoms with Crippen LogP contribution in [0.1, 0.15) is 25.3 Å². The molecular formula is C11H11BrF3N. The van der Waals surface area contributed by atoms with Crippen LogP contribution in [-0.2, 0) is 5.41 Å². The van der Waals surface area contributed by atoms with Crippen molar-refractivity contribution in [2.45, 2.75) is 31.2 Å². The standard InChI is InChI=1S/C11H11BrF3N/c1-5(16)11(2-3-11)8-6(13)4-7(14)9(12)10(8)15/h4-5H,2-3,16H2,1H3. The molecule has 1 aromatic carbocycles. The highest BCUT2D eigenvalue weighted by molar-refractivity contribution is 9.10. The Bertz CT molecular complexity index is 441. The van der Waals surface area contributed by atoms with Gasteiger partial charge in [0.15, 0.2) is 0 Å². The van der Waals surface area contributed by atoms with Gasteiger partial charge in [0.1, 0.15) is 17.5 Å². The minimum Gasteiger partial charge on any atom is -0.327 e. The molecule has 1 unspecified atom stereocenters. The van der Waals surface area contributed by atoms with Gasteiger partial charge < -0.3 is 5.73 Å². The number of hydrogen-bond acceptors (Lipinski definition) is 1. The predicted molar refractivity (Wildman–Crippen MR) is 58.6 cm³/mol. The van der Waals surface area contributed by atoms with Gasteiger partial charge in [-0.3, -0.25) is 0 Å². The summed E-state index contributed by atoms with van der Waals surface area (Å²) in [6, 6.07) is 0.346. The molecule has 0 saturated heterocycles. The zero-order valence-corrected chi connectivity index (χ0v) is 10.2. The molecule has 2 N–H and O–H groups in total. The molecule has 1 aliphatic rings. The second-order valence-electron chi connectivity index (χ2n) is 4.29. The van der Waals surface area contributed by atoms with Gasteiger partial charge in [0.2, 0.25) is 0 Å². The Hall–Kier alpha value is -0.550. The zero-order chi connectivity index (χ0) is 12.1. The summed E-state index contributed by atoms with van der Waals surface area (Å²) < 4.78 is 40.2. The van der Waals surface area contributed by atoms with E-state index in [4.69, 9.17) is 5.73 Å². The lowest BCUT2D eigenvalue weighted by Gasteiger charge is -2.22. The van der Waals surface area contributed by atoms with Crippen molar-refractivity contribution in [1.29, 1.82) is 0 Å². The smallest absolute Gasteiger partial charge is 0.147 e. The maximum Gasteiger partial charge on any atom is 0.147 e. The van der Waals surface area contributed by atoms with Crippen LogP contribution in [0, 0.1) is 17.5 Å². The van der Waals surface area contributed by atoms with E-state index in [2.05, 4.69) is 15.9 Å². The van der Waals surface area contributed by atoms with Gasteiger partial charge in [-0.15, -0.1) is 0 Å². The fourth-order valence-corrected chi connectivity index (χ4v) is 2.40. The highest BCUT2D eigenvalue weighted by Gasteiger charge is 2.51. The van der Waals surface area contributed by atoms with Gasteiger partial charge >= 0.3 is 0 Å². The van der Waals surface area contributed by atoms with Gasteiger partial charge in [-0.25, -0.2) is 13.2 Å². The van der Waals surface area contributed by atoms with Crippen molar-refractivity contribution >= 4 is 15.9 Å². The average Bonchev–Trinajstić information content (AvgIpc) is 2.96. The van der Waals surface area contributed by atoms with Crippen LogP contribution in [0.2, 0.25) is 0 Å². The van der Waals surface area contributed by atoms with Crippen LogP contribution in [0.15, 0.2) is 10.5 Å². The molecule has 16 heavy (non-hydrogen) atoms. The zero-order valence-electron chi connectivity index (χ0n) is 8.66. The molecule has 1 saturated carbocycles. The molecule has 0 spiro atoms. The van der Waals surface area contributed by atoms with Crippen LogP contribution in [0.4, 0.5) is 13.2 Å². The largest absolute Gasteiger partial charge is 0.327 e. The van der Waals surface area contributed by atoms with Gasteiger partial charge in [-0.05, 0) is 35.7 Å². The van der Waals surface area contributed by atoms with E-state index < -0.39 is 22.9 Å². The van der Waals surface area contributed by atoms with E-state index in [0.29, 0.717) is 18.9 Å². The Labute approximate surface area is 100.0 Å². The number of hydrogen-bond donors (Lipinski definition) is 1. The van der Waals surface area contributed by atoms with Crippen molar-refractivity contribution < 1.29 is 13.2 Å². The van der Waals surface area contributed by atoms with Crippen molar-refractivity contribution in [1.82, 2.24) is 0 Å². The number of rotatable bonds is 2. The summed E-state index contributed by atoms with van der Waals surface area (Å²) in [5, 5.41) is 0. The highest BCUT2D eigenvalue weighted by Crippen LogP contribution is 2.52.